The Bertz CT molecular complexity index is 1470. The van der Waals surface area contributed by atoms with Crippen LogP contribution in [0.15, 0.2) is 24.3 Å². The largest absolute Gasteiger partial charge is 0.494 e. The van der Waals surface area contributed by atoms with Crippen molar-refractivity contribution < 1.29 is 23.0 Å². The van der Waals surface area contributed by atoms with Crippen LogP contribution in [0, 0.1) is 0 Å². The number of piperazine rings is 1. The molecule has 11 nitrogen and oxygen atoms in total. The number of anilines is 2. The van der Waals surface area contributed by atoms with Crippen LogP contribution in [-0.2, 0) is 9.53 Å². The van der Waals surface area contributed by atoms with Gasteiger partial charge in [0.2, 0.25) is 11.9 Å². The number of ether oxygens (including phenoxy) is 2. The smallest absolute Gasteiger partial charge is 0.296 e. The van der Waals surface area contributed by atoms with E-state index in [0.29, 0.717) is 97.0 Å². The average Bonchev–Trinajstić information content (AvgIpc) is 3.42. The van der Waals surface area contributed by atoms with E-state index in [1.54, 1.807) is 18.2 Å². The lowest BCUT2D eigenvalue weighted by atomic mass is 9.93. The van der Waals surface area contributed by atoms with Crippen molar-refractivity contribution in [2.75, 3.05) is 75.1 Å². The Morgan fingerprint density at radius 1 is 1.09 bits per heavy atom. The first-order valence-electron chi connectivity index (χ1n) is 14.4. The second-order valence-electron chi connectivity index (χ2n) is 10.6. The molecule has 230 valence electrons. The van der Waals surface area contributed by atoms with Gasteiger partial charge in [-0.2, -0.15) is 9.97 Å². The van der Waals surface area contributed by atoms with Crippen LogP contribution in [0.3, 0.4) is 0 Å². The number of rotatable bonds is 8. The number of carbonyl (C=O) groups is 1. The van der Waals surface area contributed by atoms with Crippen LogP contribution in [-0.4, -0.2) is 106 Å². The summed E-state index contributed by atoms with van der Waals surface area (Å²) in [4.78, 5) is 32.3. The quantitative estimate of drug-likeness (QED) is 0.370. The Labute approximate surface area is 257 Å². The molecule has 3 fully saturated rings. The van der Waals surface area contributed by atoms with Crippen molar-refractivity contribution in [1.29, 1.82) is 0 Å². The lowest BCUT2D eigenvalue weighted by molar-refractivity contribution is -0.119. The summed E-state index contributed by atoms with van der Waals surface area (Å²) >= 11 is 7.03. The van der Waals surface area contributed by atoms with Gasteiger partial charge in [0.15, 0.2) is 5.82 Å². The molecule has 3 aromatic rings. The van der Waals surface area contributed by atoms with E-state index < -0.39 is 12.2 Å². The van der Waals surface area contributed by atoms with Crippen LogP contribution in [0.2, 0.25) is 0 Å². The summed E-state index contributed by atoms with van der Waals surface area (Å²) in [7, 11) is 1.48. The summed E-state index contributed by atoms with van der Waals surface area (Å²) in [6, 6.07) is 7.35. The first-order valence-corrected chi connectivity index (χ1v) is 15.8. The Morgan fingerprint density at radius 3 is 2.42 bits per heavy atom. The second kappa shape index (κ2) is 13.1. The van der Waals surface area contributed by atoms with E-state index in [-0.39, 0.29) is 11.9 Å². The number of nitrogens with one attached hydrogen (secondary N) is 1. The SMILES string of the molecule is COc1cccc2c1nc(C(F)F)n2-c1nc(N2CCOCC2)cc(N2CCN(C(=S)SCC(=O)NC3CCC3)CC2)n1. The van der Waals surface area contributed by atoms with Gasteiger partial charge in [0.05, 0.1) is 31.6 Å². The summed E-state index contributed by atoms with van der Waals surface area (Å²) in [6.45, 7) is 4.89. The molecule has 0 bridgehead atoms. The number of benzene rings is 1. The van der Waals surface area contributed by atoms with Gasteiger partial charge in [0, 0.05) is 51.4 Å². The molecule has 15 heteroatoms. The molecular formula is C28H34F2N8O3S2. The number of imidazole rings is 1. The van der Waals surface area contributed by atoms with E-state index in [9.17, 15) is 13.6 Å². The lowest BCUT2D eigenvalue weighted by Gasteiger charge is -2.37. The maximum absolute atomic E-state index is 14.4. The number of thiocarbonyl (C=S) groups is 1. The molecule has 1 aliphatic carbocycles. The van der Waals surface area contributed by atoms with Gasteiger partial charge in [-0.3, -0.25) is 9.36 Å². The van der Waals surface area contributed by atoms with Crippen molar-refractivity contribution in [2.45, 2.75) is 31.7 Å². The molecule has 1 saturated carbocycles. The Kier molecular flexibility index (Phi) is 9.09. The highest BCUT2D eigenvalue weighted by Gasteiger charge is 2.28. The maximum atomic E-state index is 14.4. The van der Waals surface area contributed by atoms with Crippen molar-refractivity contribution in [2.24, 2.45) is 0 Å². The van der Waals surface area contributed by atoms with E-state index in [4.69, 9.17) is 31.7 Å². The van der Waals surface area contributed by atoms with Gasteiger partial charge in [0.25, 0.3) is 6.43 Å². The number of thioether (sulfide) groups is 1. The standard InChI is InChI=1S/C28H34F2N8O3S2/c1-40-20-7-3-6-19-24(20)34-26(25(29)30)38(19)27-32-21(16-22(33-27)36-12-14-41-15-13-36)35-8-10-37(11-9-35)28(42)43-17-23(39)31-18-4-2-5-18/h3,6-7,16,18,25H,2,4-5,8-15,17H2,1H3,(H,31,39). The predicted molar refractivity (Wildman–Crippen MR) is 166 cm³/mol. The summed E-state index contributed by atoms with van der Waals surface area (Å²) in [5.41, 5.74) is 0.761. The third-order valence-electron chi connectivity index (χ3n) is 7.97. The number of aromatic nitrogens is 4. The molecule has 6 rings (SSSR count). The molecule has 2 aliphatic heterocycles. The number of alkyl halides is 2. The summed E-state index contributed by atoms with van der Waals surface area (Å²) in [6.07, 6.45) is 0.420. The molecule has 1 N–H and O–H groups in total. The number of para-hydroxylation sites is 1. The normalized spacial score (nSPS) is 17.8. The van der Waals surface area contributed by atoms with Crippen LogP contribution in [0.4, 0.5) is 20.4 Å². The molecule has 43 heavy (non-hydrogen) atoms. The molecule has 0 unspecified atom stereocenters. The van der Waals surface area contributed by atoms with Crippen LogP contribution >= 0.6 is 24.0 Å². The number of halogens is 2. The fourth-order valence-electron chi connectivity index (χ4n) is 5.40. The van der Waals surface area contributed by atoms with Crippen LogP contribution in [0.5, 0.6) is 5.75 Å². The molecule has 3 aliphatic rings. The van der Waals surface area contributed by atoms with E-state index in [2.05, 4.69) is 25.0 Å². The van der Waals surface area contributed by atoms with Crippen LogP contribution in [0.1, 0.15) is 31.5 Å². The average molecular weight is 633 g/mol. The van der Waals surface area contributed by atoms with Gasteiger partial charge in [-0.25, -0.2) is 13.8 Å². The minimum absolute atomic E-state index is 0.0210. The highest BCUT2D eigenvalue weighted by molar-refractivity contribution is 8.23. The number of amides is 1. The highest BCUT2D eigenvalue weighted by atomic mass is 32.2. The highest BCUT2D eigenvalue weighted by Crippen LogP contribution is 2.33. The Hall–Kier alpha value is -3.30. The van der Waals surface area contributed by atoms with Gasteiger partial charge in [-0.1, -0.05) is 30.0 Å². The number of hydrogen-bond donors (Lipinski definition) is 1. The molecule has 0 spiro atoms. The van der Waals surface area contributed by atoms with Crippen molar-refractivity contribution in [3.05, 3.63) is 30.1 Å². The molecule has 1 aromatic carbocycles. The molecule has 2 aromatic heterocycles. The number of carbonyl (C=O) groups excluding carboxylic acids is 1. The van der Waals surface area contributed by atoms with Gasteiger partial charge in [-0.15, -0.1) is 0 Å². The zero-order chi connectivity index (χ0) is 29.9. The zero-order valence-corrected chi connectivity index (χ0v) is 25.5. The minimum Gasteiger partial charge on any atom is -0.494 e. The number of methoxy groups -OCH3 is 1. The second-order valence-corrected chi connectivity index (χ2v) is 12.3. The van der Waals surface area contributed by atoms with E-state index >= 15 is 0 Å². The van der Waals surface area contributed by atoms with Gasteiger partial charge in [-0.05, 0) is 31.4 Å². The fraction of sp³-hybridized carbons (Fsp3) is 0.536. The van der Waals surface area contributed by atoms with E-state index in [0.717, 1.165) is 12.8 Å². The van der Waals surface area contributed by atoms with Crippen LogP contribution < -0.4 is 19.9 Å². The fourth-order valence-corrected chi connectivity index (χ4v) is 6.46. The monoisotopic (exact) mass is 632 g/mol. The summed E-state index contributed by atoms with van der Waals surface area (Å²) in [5, 5.41) is 3.05. The van der Waals surface area contributed by atoms with Crippen LogP contribution in [0.25, 0.3) is 17.0 Å². The third-order valence-corrected chi connectivity index (χ3v) is 9.49. The topological polar surface area (TPSA) is 101 Å². The first kappa shape index (κ1) is 29.8. The maximum Gasteiger partial charge on any atom is 0.296 e. The summed E-state index contributed by atoms with van der Waals surface area (Å²) in [5.74, 6) is 1.67. The van der Waals surface area contributed by atoms with Gasteiger partial charge in [0.1, 0.15) is 27.2 Å². The van der Waals surface area contributed by atoms with Crippen molar-refractivity contribution in [3.8, 4) is 11.7 Å². The predicted octanol–water partition coefficient (Wildman–Crippen LogP) is 3.41. The molecule has 4 heterocycles. The first-order chi connectivity index (χ1) is 20.9. The van der Waals surface area contributed by atoms with Crippen molar-refractivity contribution in [3.63, 3.8) is 0 Å². The lowest BCUT2D eigenvalue weighted by Crippen LogP contribution is -2.48. The molecular weight excluding hydrogens is 598 g/mol. The number of nitrogens with zero attached hydrogens (tertiary/aromatic N) is 7. The van der Waals surface area contributed by atoms with Crippen molar-refractivity contribution in [1.82, 2.24) is 29.7 Å². The Balaban J connectivity index is 1.24. The third kappa shape index (κ3) is 6.48. The van der Waals surface area contributed by atoms with E-state index in [1.807, 2.05) is 6.07 Å². The number of morpholine rings is 1. The molecule has 2 saturated heterocycles. The molecule has 0 radical (unpaired) electrons. The summed E-state index contributed by atoms with van der Waals surface area (Å²) < 4.78 is 41.7. The zero-order valence-electron chi connectivity index (χ0n) is 23.9. The Morgan fingerprint density at radius 2 is 1.79 bits per heavy atom. The van der Waals surface area contributed by atoms with Crippen molar-refractivity contribution >= 4 is 56.9 Å². The van der Waals surface area contributed by atoms with Gasteiger partial charge >= 0.3 is 0 Å². The molecule has 1 amide bonds. The molecule has 0 atom stereocenters. The van der Waals surface area contributed by atoms with Gasteiger partial charge < -0.3 is 29.5 Å². The number of fused-ring (bicyclic) bond motifs is 1. The minimum atomic E-state index is -2.85. The van der Waals surface area contributed by atoms with E-state index in [1.165, 1.54) is 29.9 Å². The number of hydrogen-bond acceptors (Lipinski definition) is 10.